The molecule has 0 saturated heterocycles. The molecule has 2 aromatic rings. The maximum Gasteiger partial charge on any atom is 0.174 e. The Balaban J connectivity index is 1.66. The van der Waals surface area contributed by atoms with E-state index in [2.05, 4.69) is 33.6 Å². The van der Waals surface area contributed by atoms with Crippen molar-refractivity contribution in [1.82, 2.24) is 9.36 Å². The van der Waals surface area contributed by atoms with Gasteiger partial charge in [-0.3, -0.25) is 0 Å². The minimum atomic E-state index is 0.639. The highest BCUT2D eigenvalue weighted by molar-refractivity contribution is 8.01. The molecule has 1 aliphatic carbocycles. The quantitative estimate of drug-likeness (QED) is 0.835. The Bertz CT molecular complexity index is 520. The van der Waals surface area contributed by atoms with Crippen molar-refractivity contribution in [1.29, 1.82) is 0 Å². The van der Waals surface area contributed by atoms with Crippen LogP contribution >= 0.6 is 23.3 Å². The Morgan fingerprint density at radius 1 is 1.33 bits per heavy atom. The molecular weight excluding hydrogens is 264 g/mol. The normalized spacial score (nSPS) is 14.9. The van der Waals surface area contributed by atoms with Crippen molar-refractivity contribution in [2.75, 3.05) is 7.11 Å². The van der Waals surface area contributed by atoms with E-state index in [1.807, 2.05) is 0 Å². The van der Waals surface area contributed by atoms with Gasteiger partial charge in [-0.1, -0.05) is 23.9 Å². The molecule has 5 heteroatoms. The highest BCUT2D eigenvalue weighted by Gasteiger charge is 2.27. The fourth-order valence-electron chi connectivity index (χ4n) is 1.69. The van der Waals surface area contributed by atoms with E-state index in [1.54, 1.807) is 18.9 Å². The average Bonchev–Trinajstić information content (AvgIpc) is 3.13. The van der Waals surface area contributed by atoms with Crippen LogP contribution in [0.5, 0.6) is 0 Å². The first-order valence-corrected chi connectivity index (χ1v) is 7.53. The van der Waals surface area contributed by atoms with Gasteiger partial charge in [-0.15, -0.1) is 0 Å². The van der Waals surface area contributed by atoms with Crippen molar-refractivity contribution in [2.24, 2.45) is 0 Å². The summed E-state index contributed by atoms with van der Waals surface area (Å²) < 4.78 is 10.5. The molecule has 1 heterocycles. The molecule has 1 aromatic carbocycles. The first-order valence-electron chi connectivity index (χ1n) is 5.94. The van der Waals surface area contributed by atoms with Crippen LogP contribution in [-0.2, 0) is 11.3 Å². The predicted molar refractivity (Wildman–Crippen MR) is 73.2 cm³/mol. The van der Waals surface area contributed by atoms with Crippen LogP contribution in [-0.4, -0.2) is 16.5 Å². The molecular formula is C13H14N2OS2. The van der Waals surface area contributed by atoms with Gasteiger partial charge in [0.15, 0.2) is 4.34 Å². The smallest absolute Gasteiger partial charge is 0.174 e. The zero-order valence-corrected chi connectivity index (χ0v) is 11.8. The molecule has 3 rings (SSSR count). The maximum atomic E-state index is 5.10. The van der Waals surface area contributed by atoms with E-state index >= 15 is 0 Å². The number of aromatic nitrogens is 2. The lowest BCUT2D eigenvalue weighted by Gasteiger charge is -2.01. The first-order chi connectivity index (χ1) is 8.85. The lowest BCUT2D eigenvalue weighted by molar-refractivity contribution is 0.185. The summed E-state index contributed by atoms with van der Waals surface area (Å²) in [5, 5.41) is 0. The number of methoxy groups -OCH3 is 1. The van der Waals surface area contributed by atoms with Gasteiger partial charge < -0.3 is 4.74 Å². The van der Waals surface area contributed by atoms with Crippen LogP contribution in [0.2, 0.25) is 0 Å². The number of nitrogens with zero attached hydrogens (tertiary/aromatic N) is 2. The molecule has 94 valence electrons. The van der Waals surface area contributed by atoms with E-state index in [0.29, 0.717) is 12.5 Å². The van der Waals surface area contributed by atoms with Crippen LogP contribution in [0.4, 0.5) is 0 Å². The summed E-state index contributed by atoms with van der Waals surface area (Å²) in [6.45, 7) is 0.662. The second-order valence-corrected chi connectivity index (χ2v) is 6.44. The van der Waals surface area contributed by atoms with Crippen LogP contribution in [0.15, 0.2) is 33.5 Å². The van der Waals surface area contributed by atoms with Gasteiger partial charge in [-0.05, 0) is 42.1 Å². The standard InChI is InChI=1S/C13H14N2OS2/c1-16-8-9-2-6-11(7-3-9)17-13-14-12(15-18-13)10-4-5-10/h2-3,6-7,10H,4-5,8H2,1H3. The van der Waals surface area contributed by atoms with Gasteiger partial charge >= 0.3 is 0 Å². The molecule has 0 spiro atoms. The van der Waals surface area contributed by atoms with Crippen molar-refractivity contribution in [3.8, 4) is 0 Å². The van der Waals surface area contributed by atoms with E-state index in [9.17, 15) is 0 Å². The van der Waals surface area contributed by atoms with E-state index in [0.717, 1.165) is 10.2 Å². The summed E-state index contributed by atoms with van der Waals surface area (Å²) in [6.07, 6.45) is 2.51. The van der Waals surface area contributed by atoms with E-state index in [4.69, 9.17) is 4.74 Å². The van der Waals surface area contributed by atoms with Crippen LogP contribution < -0.4 is 0 Å². The van der Waals surface area contributed by atoms with Crippen LogP contribution in [0.3, 0.4) is 0 Å². The van der Waals surface area contributed by atoms with Crippen molar-refractivity contribution in [2.45, 2.75) is 34.6 Å². The van der Waals surface area contributed by atoms with Gasteiger partial charge in [0, 0.05) is 17.9 Å². The third-order valence-corrected chi connectivity index (χ3v) is 4.58. The van der Waals surface area contributed by atoms with Gasteiger partial charge in [0.05, 0.1) is 6.61 Å². The number of hydrogen-bond acceptors (Lipinski definition) is 5. The Morgan fingerprint density at radius 2 is 2.11 bits per heavy atom. The maximum absolute atomic E-state index is 5.10. The van der Waals surface area contributed by atoms with Gasteiger partial charge in [0.1, 0.15) is 5.82 Å². The number of rotatable bonds is 5. The summed E-state index contributed by atoms with van der Waals surface area (Å²) in [7, 11) is 1.71. The molecule has 1 aromatic heterocycles. The fourth-order valence-corrected chi connectivity index (χ4v) is 3.35. The number of hydrogen-bond donors (Lipinski definition) is 0. The van der Waals surface area contributed by atoms with Gasteiger partial charge in [-0.25, -0.2) is 4.98 Å². The largest absolute Gasteiger partial charge is 0.380 e. The molecule has 18 heavy (non-hydrogen) atoms. The van der Waals surface area contributed by atoms with Crippen LogP contribution in [0.1, 0.15) is 30.1 Å². The third-order valence-electron chi connectivity index (χ3n) is 2.81. The number of benzene rings is 1. The van der Waals surface area contributed by atoms with Crippen molar-refractivity contribution >= 4 is 23.3 Å². The lowest BCUT2D eigenvalue weighted by atomic mass is 10.2. The van der Waals surface area contributed by atoms with Crippen molar-refractivity contribution in [3.63, 3.8) is 0 Å². The fraction of sp³-hybridized carbons (Fsp3) is 0.385. The van der Waals surface area contributed by atoms with E-state index in [1.165, 1.54) is 34.8 Å². The zero-order chi connectivity index (χ0) is 12.4. The minimum Gasteiger partial charge on any atom is -0.380 e. The average molecular weight is 278 g/mol. The van der Waals surface area contributed by atoms with Gasteiger partial charge in [0.2, 0.25) is 0 Å². The van der Waals surface area contributed by atoms with Gasteiger partial charge in [-0.2, -0.15) is 4.37 Å². The predicted octanol–water partition coefficient (Wildman–Crippen LogP) is 3.71. The molecule has 0 radical (unpaired) electrons. The second kappa shape index (κ2) is 5.38. The summed E-state index contributed by atoms with van der Waals surface area (Å²) in [5.41, 5.74) is 1.19. The molecule has 1 fully saturated rings. The molecule has 1 aliphatic rings. The molecule has 0 amide bonds. The van der Waals surface area contributed by atoms with E-state index in [-0.39, 0.29) is 0 Å². The minimum absolute atomic E-state index is 0.639. The monoisotopic (exact) mass is 278 g/mol. The Labute approximate surface area is 115 Å². The summed E-state index contributed by atoms with van der Waals surface area (Å²) in [4.78, 5) is 5.77. The molecule has 0 aliphatic heterocycles. The van der Waals surface area contributed by atoms with Gasteiger partial charge in [0.25, 0.3) is 0 Å². The Morgan fingerprint density at radius 3 is 2.78 bits per heavy atom. The molecule has 3 nitrogen and oxygen atoms in total. The lowest BCUT2D eigenvalue weighted by Crippen LogP contribution is -1.86. The highest BCUT2D eigenvalue weighted by Crippen LogP contribution is 2.40. The first kappa shape index (κ1) is 12.1. The number of ether oxygens (including phenoxy) is 1. The zero-order valence-electron chi connectivity index (χ0n) is 10.1. The molecule has 0 bridgehead atoms. The molecule has 0 N–H and O–H groups in total. The summed E-state index contributed by atoms with van der Waals surface area (Å²) in [6, 6.07) is 8.40. The van der Waals surface area contributed by atoms with Crippen LogP contribution in [0.25, 0.3) is 0 Å². The highest BCUT2D eigenvalue weighted by atomic mass is 32.2. The topological polar surface area (TPSA) is 35.0 Å². The summed E-state index contributed by atoms with van der Waals surface area (Å²) in [5.74, 6) is 1.68. The third kappa shape index (κ3) is 2.91. The SMILES string of the molecule is COCc1ccc(Sc2nc(C3CC3)ns2)cc1. The Kier molecular flexibility index (Phi) is 3.63. The van der Waals surface area contributed by atoms with Crippen molar-refractivity contribution in [3.05, 3.63) is 35.7 Å². The van der Waals surface area contributed by atoms with E-state index < -0.39 is 0 Å². The van der Waals surface area contributed by atoms with Crippen molar-refractivity contribution < 1.29 is 4.74 Å². The summed E-state index contributed by atoms with van der Waals surface area (Å²) >= 11 is 3.19. The Hall–Kier alpha value is -0.910. The second-order valence-electron chi connectivity index (χ2n) is 4.37. The molecule has 0 atom stereocenters. The molecule has 0 unspecified atom stereocenters. The molecule has 1 saturated carbocycles. The van der Waals surface area contributed by atoms with Crippen LogP contribution in [0, 0.1) is 0 Å².